The van der Waals surface area contributed by atoms with Crippen molar-refractivity contribution in [3.63, 3.8) is 0 Å². The van der Waals surface area contributed by atoms with E-state index in [2.05, 4.69) is 5.32 Å². The molecule has 0 heterocycles. The van der Waals surface area contributed by atoms with Crippen molar-refractivity contribution in [3.05, 3.63) is 65.5 Å². The van der Waals surface area contributed by atoms with Crippen LogP contribution in [-0.2, 0) is 5.54 Å². The second-order valence-corrected chi connectivity index (χ2v) is 5.77. The first kappa shape index (κ1) is 15.0. The fraction of sp³-hybridized carbons (Fsp3) is 0.333. The molecular weight excluding hydrogens is 281 g/mol. The second-order valence-electron chi connectivity index (χ2n) is 5.77. The summed E-state index contributed by atoms with van der Waals surface area (Å²) in [6, 6.07) is 14.1. The van der Waals surface area contributed by atoms with Gasteiger partial charge >= 0.3 is 0 Å². The zero-order valence-electron chi connectivity index (χ0n) is 12.6. The van der Waals surface area contributed by atoms with Crippen LogP contribution in [0.15, 0.2) is 48.5 Å². The molecule has 116 valence electrons. The number of aliphatic hydroxyl groups is 1. The molecular formula is C18H20FNO2. The van der Waals surface area contributed by atoms with Gasteiger partial charge in [0.25, 0.3) is 0 Å². The van der Waals surface area contributed by atoms with Gasteiger partial charge in [0.2, 0.25) is 0 Å². The van der Waals surface area contributed by atoms with Gasteiger partial charge in [0.1, 0.15) is 11.6 Å². The lowest BCUT2D eigenvalue weighted by Gasteiger charge is -2.21. The van der Waals surface area contributed by atoms with Gasteiger partial charge in [-0.05, 0) is 48.2 Å². The predicted octanol–water partition coefficient (Wildman–Crippen LogP) is 3.15. The number of halogens is 1. The predicted molar refractivity (Wildman–Crippen MR) is 83.3 cm³/mol. The van der Waals surface area contributed by atoms with Gasteiger partial charge < -0.3 is 15.2 Å². The van der Waals surface area contributed by atoms with E-state index in [-0.39, 0.29) is 11.4 Å². The van der Waals surface area contributed by atoms with E-state index in [0.29, 0.717) is 6.54 Å². The summed E-state index contributed by atoms with van der Waals surface area (Å²) < 4.78 is 18.6. The molecule has 0 amide bonds. The summed E-state index contributed by atoms with van der Waals surface area (Å²) in [6.07, 6.45) is 1.30. The molecule has 2 aromatic rings. The monoisotopic (exact) mass is 301 g/mol. The molecule has 0 spiro atoms. The maximum absolute atomic E-state index is 13.4. The number of nitrogens with one attached hydrogen (secondary N) is 1. The molecule has 0 aromatic heterocycles. The van der Waals surface area contributed by atoms with E-state index in [4.69, 9.17) is 4.74 Å². The number of rotatable bonds is 6. The SMILES string of the molecule is COc1cccc(C(O)CNC2(c3cccc(F)c3)CC2)c1. The summed E-state index contributed by atoms with van der Waals surface area (Å²) in [7, 11) is 1.60. The van der Waals surface area contributed by atoms with Crippen molar-refractivity contribution < 1.29 is 14.2 Å². The molecule has 22 heavy (non-hydrogen) atoms. The highest BCUT2D eigenvalue weighted by Crippen LogP contribution is 2.45. The molecule has 1 unspecified atom stereocenters. The second kappa shape index (κ2) is 6.07. The average molecular weight is 301 g/mol. The van der Waals surface area contributed by atoms with Crippen molar-refractivity contribution >= 4 is 0 Å². The van der Waals surface area contributed by atoms with Crippen molar-refractivity contribution in [2.75, 3.05) is 13.7 Å². The highest BCUT2D eigenvalue weighted by atomic mass is 19.1. The first-order chi connectivity index (χ1) is 10.6. The number of hydrogen-bond donors (Lipinski definition) is 2. The minimum atomic E-state index is -0.624. The standard InChI is InChI=1S/C18H20FNO2/c1-22-16-7-2-4-13(10-16)17(21)12-20-18(8-9-18)14-5-3-6-15(19)11-14/h2-7,10-11,17,20-21H,8-9,12H2,1H3. The third kappa shape index (κ3) is 3.13. The minimum Gasteiger partial charge on any atom is -0.497 e. The average Bonchev–Trinajstić information content (AvgIpc) is 3.34. The van der Waals surface area contributed by atoms with Crippen LogP contribution < -0.4 is 10.1 Å². The van der Waals surface area contributed by atoms with E-state index in [1.807, 2.05) is 30.3 Å². The van der Waals surface area contributed by atoms with Crippen LogP contribution in [0.3, 0.4) is 0 Å². The Balaban J connectivity index is 1.67. The minimum absolute atomic E-state index is 0.193. The maximum Gasteiger partial charge on any atom is 0.123 e. The summed E-state index contributed by atoms with van der Waals surface area (Å²) in [6.45, 7) is 0.420. The molecule has 0 bridgehead atoms. The summed E-state index contributed by atoms with van der Waals surface area (Å²) in [5, 5.41) is 13.7. The van der Waals surface area contributed by atoms with Crippen LogP contribution in [0.1, 0.15) is 30.1 Å². The molecule has 1 aliphatic rings. The van der Waals surface area contributed by atoms with Crippen LogP contribution in [0.4, 0.5) is 4.39 Å². The molecule has 2 N–H and O–H groups in total. The van der Waals surface area contributed by atoms with Gasteiger partial charge in [-0.25, -0.2) is 4.39 Å². The number of hydrogen-bond acceptors (Lipinski definition) is 3. The molecule has 3 nitrogen and oxygen atoms in total. The van der Waals surface area contributed by atoms with Crippen LogP contribution >= 0.6 is 0 Å². The Kier molecular flexibility index (Phi) is 4.14. The highest BCUT2D eigenvalue weighted by molar-refractivity contribution is 5.32. The Labute approximate surface area is 129 Å². The Bertz CT molecular complexity index is 655. The smallest absolute Gasteiger partial charge is 0.123 e. The zero-order chi connectivity index (χ0) is 15.6. The first-order valence-electron chi connectivity index (χ1n) is 7.46. The molecule has 1 aliphatic carbocycles. The Hall–Kier alpha value is -1.91. The lowest BCUT2D eigenvalue weighted by atomic mass is 10.0. The lowest BCUT2D eigenvalue weighted by molar-refractivity contribution is 0.167. The van der Waals surface area contributed by atoms with Crippen LogP contribution in [0.5, 0.6) is 5.75 Å². The quantitative estimate of drug-likeness (QED) is 0.861. The number of ether oxygens (including phenoxy) is 1. The van der Waals surface area contributed by atoms with Crippen molar-refractivity contribution in [2.45, 2.75) is 24.5 Å². The maximum atomic E-state index is 13.4. The molecule has 1 saturated carbocycles. The number of aliphatic hydroxyl groups excluding tert-OH is 1. The van der Waals surface area contributed by atoms with E-state index >= 15 is 0 Å². The topological polar surface area (TPSA) is 41.5 Å². The van der Waals surface area contributed by atoms with E-state index in [1.54, 1.807) is 19.2 Å². The van der Waals surface area contributed by atoms with Gasteiger partial charge in [-0.3, -0.25) is 0 Å². The van der Waals surface area contributed by atoms with Crippen LogP contribution in [0.25, 0.3) is 0 Å². The van der Waals surface area contributed by atoms with Crippen molar-refractivity contribution in [1.29, 1.82) is 0 Å². The molecule has 0 radical (unpaired) electrons. The molecule has 0 aliphatic heterocycles. The lowest BCUT2D eigenvalue weighted by Crippen LogP contribution is -2.32. The van der Waals surface area contributed by atoms with Crippen molar-refractivity contribution in [1.82, 2.24) is 5.32 Å². The largest absolute Gasteiger partial charge is 0.497 e. The number of methoxy groups -OCH3 is 1. The van der Waals surface area contributed by atoms with Gasteiger partial charge in [-0.2, -0.15) is 0 Å². The zero-order valence-corrected chi connectivity index (χ0v) is 12.6. The fourth-order valence-corrected chi connectivity index (χ4v) is 2.74. The molecule has 1 atom stereocenters. The molecule has 2 aromatic carbocycles. The molecule has 1 fully saturated rings. The normalized spacial score (nSPS) is 17.0. The Morgan fingerprint density at radius 3 is 2.68 bits per heavy atom. The van der Waals surface area contributed by atoms with Crippen molar-refractivity contribution in [3.8, 4) is 5.75 Å². The number of benzene rings is 2. The van der Waals surface area contributed by atoms with Gasteiger partial charge in [0, 0.05) is 12.1 Å². The third-order valence-electron chi connectivity index (χ3n) is 4.24. The highest BCUT2D eigenvalue weighted by Gasteiger charge is 2.44. The first-order valence-corrected chi connectivity index (χ1v) is 7.46. The van der Waals surface area contributed by atoms with E-state index < -0.39 is 6.10 Å². The van der Waals surface area contributed by atoms with Crippen LogP contribution in [-0.4, -0.2) is 18.8 Å². The van der Waals surface area contributed by atoms with E-state index in [9.17, 15) is 9.50 Å². The molecule has 3 rings (SSSR count). The van der Waals surface area contributed by atoms with Gasteiger partial charge in [0.15, 0.2) is 0 Å². The van der Waals surface area contributed by atoms with Gasteiger partial charge in [-0.1, -0.05) is 24.3 Å². The summed E-state index contributed by atoms with van der Waals surface area (Å²) in [5.74, 6) is 0.502. The van der Waals surface area contributed by atoms with Gasteiger partial charge in [0.05, 0.1) is 13.2 Å². The summed E-state index contributed by atoms with van der Waals surface area (Å²) in [5.41, 5.74) is 1.56. The molecule has 4 heteroatoms. The third-order valence-corrected chi connectivity index (χ3v) is 4.24. The summed E-state index contributed by atoms with van der Waals surface area (Å²) in [4.78, 5) is 0. The Morgan fingerprint density at radius 1 is 1.23 bits per heavy atom. The van der Waals surface area contributed by atoms with E-state index in [1.165, 1.54) is 6.07 Å². The fourth-order valence-electron chi connectivity index (χ4n) is 2.74. The van der Waals surface area contributed by atoms with Gasteiger partial charge in [-0.15, -0.1) is 0 Å². The van der Waals surface area contributed by atoms with E-state index in [0.717, 1.165) is 29.7 Å². The van der Waals surface area contributed by atoms with Crippen molar-refractivity contribution in [2.24, 2.45) is 0 Å². The molecule has 0 saturated heterocycles. The van der Waals surface area contributed by atoms with Crippen LogP contribution in [0, 0.1) is 5.82 Å². The summed E-state index contributed by atoms with van der Waals surface area (Å²) >= 11 is 0. The Morgan fingerprint density at radius 2 is 2.00 bits per heavy atom. The van der Waals surface area contributed by atoms with Crippen LogP contribution in [0.2, 0.25) is 0 Å².